The van der Waals surface area contributed by atoms with E-state index >= 15 is 0 Å². The lowest BCUT2D eigenvalue weighted by molar-refractivity contribution is 0.149. The highest BCUT2D eigenvalue weighted by Gasteiger charge is 2.32. The molecule has 3 aliphatic heterocycles. The highest BCUT2D eigenvalue weighted by Crippen LogP contribution is 2.43. The van der Waals surface area contributed by atoms with Crippen LogP contribution in [0.2, 0.25) is 0 Å². The van der Waals surface area contributed by atoms with E-state index in [4.69, 9.17) is 21.4 Å². The molecule has 1 aromatic carbocycles. The number of hydrazine groups is 1. The van der Waals surface area contributed by atoms with E-state index in [1.165, 1.54) is 5.57 Å². The SMILES string of the molecule is CN1CCN(CCn2nc(C3=CCOCC3)c3c2N(C)NC(c2ccccc2)=C3Cl)CC1. The van der Waals surface area contributed by atoms with Gasteiger partial charge in [0.25, 0.3) is 0 Å². The Morgan fingerprint density at radius 1 is 1.06 bits per heavy atom. The van der Waals surface area contributed by atoms with Crippen molar-refractivity contribution in [2.75, 3.05) is 65.0 Å². The molecule has 1 N–H and O–H groups in total. The molecule has 1 aromatic heterocycles. The van der Waals surface area contributed by atoms with Gasteiger partial charge in [0.05, 0.1) is 41.7 Å². The summed E-state index contributed by atoms with van der Waals surface area (Å²) in [7, 11) is 4.23. The monoisotopic (exact) mass is 454 g/mol. The number of benzene rings is 1. The summed E-state index contributed by atoms with van der Waals surface area (Å²) < 4.78 is 7.68. The van der Waals surface area contributed by atoms with E-state index in [2.05, 4.69) is 50.2 Å². The minimum atomic E-state index is 0.624. The van der Waals surface area contributed by atoms with Crippen molar-refractivity contribution in [2.45, 2.75) is 13.0 Å². The predicted molar refractivity (Wildman–Crippen MR) is 130 cm³/mol. The molecule has 170 valence electrons. The molecule has 2 aromatic rings. The highest BCUT2D eigenvalue weighted by molar-refractivity contribution is 6.53. The van der Waals surface area contributed by atoms with Crippen LogP contribution in [-0.4, -0.2) is 79.6 Å². The van der Waals surface area contributed by atoms with Gasteiger partial charge in [0.2, 0.25) is 0 Å². The summed E-state index contributed by atoms with van der Waals surface area (Å²) in [5.41, 5.74) is 8.68. The fourth-order valence-corrected chi connectivity index (χ4v) is 4.94. The van der Waals surface area contributed by atoms with Crippen LogP contribution >= 0.6 is 11.6 Å². The first-order chi connectivity index (χ1) is 15.6. The van der Waals surface area contributed by atoms with Gasteiger partial charge in [-0.25, -0.2) is 4.68 Å². The minimum Gasteiger partial charge on any atom is -0.377 e. The lowest BCUT2D eigenvalue weighted by Gasteiger charge is -2.33. The smallest absolute Gasteiger partial charge is 0.154 e. The molecular weight excluding hydrogens is 424 g/mol. The Bertz CT molecular complexity index is 1020. The number of piperazine rings is 1. The molecule has 0 atom stereocenters. The second-order valence-corrected chi connectivity index (χ2v) is 9.07. The molecule has 0 amide bonds. The van der Waals surface area contributed by atoms with E-state index in [1.807, 2.05) is 25.2 Å². The molecule has 0 spiro atoms. The number of anilines is 1. The maximum absolute atomic E-state index is 7.08. The third-order valence-corrected chi connectivity index (χ3v) is 6.89. The van der Waals surface area contributed by atoms with Crippen LogP contribution in [0.1, 0.15) is 23.2 Å². The standard InChI is InChI=1S/C24H31ClN6O/c1-28-10-12-30(13-11-28)14-15-31-24-20(22(27-31)19-8-16-32-17-9-19)21(25)23(26-29(24)2)18-6-4-3-5-7-18/h3-8,26H,9-17H2,1-2H3. The summed E-state index contributed by atoms with van der Waals surface area (Å²) in [5, 5.41) is 7.88. The molecule has 3 aliphatic rings. The summed E-state index contributed by atoms with van der Waals surface area (Å²) in [6.07, 6.45) is 3.00. The number of rotatable bonds is 5. The lowest BCUT2D eigenvalue weighted by Crippen LogP contribution is -2.45. The van der Waals surface area contributed by atoms with Gasteiger partial charge < -0.3 is 9.64 Å². The van der Waals surface area contributed by atoms with Crippen molar-refractivity contribution in [3.8, 4) is 0 Å². The van der Waals surface area contributed by atoms with Gasteiger partial charge in [0.15, 0.2) is 5.82 Å². The zero-order chi connectivity index (χ0) is 22.1. The summed E-state index contributed by atoms with van der Waals surface area (Å²) in [6, 6.07) is 10.2. The molecule has 0 radical (unpaired) electrons. The molecule has 0 saturated carbocycles. The van der Waals surface area contributed by atoms with Gasteiger partial charge in [-0.3, -0.25) is 15.3 Å². The normalized spacial score (nSPS) is 20.2. The molecule has 5 rings (SSSR count). The van der Waals surface area contributed by atoms with Crippen LogP contribution in [0, 0.1) is 0 Å². The van der Waals surface area contributed by atoms with Gasteiger partial charge in [-0.15, -0.1) is 0 Å². The molecular formula is C24H31ClN6O. The molecule has 1 saturated heterocycles. The Kier molecular flexibility index (Phi) is 6.24. The van der Waals surface area contributed by atoms with Crippen molar-refractivity contribution in [1.82, 2.24) is 25.0 Å². The van der Waals surface area contributed by atoms with Crippen LogP contribution in [0.3, 0.4) is 0 Å². The predicted octanol–water partition coefficient (Wildman–Crippen LogP) is 2.95. The number of hydrogen-bond donors (Lipinski definition) is 1. The van der Waals surface area contributed by atoms with E-state index in [0.717, 1.165) is 85.7 Å². The van der Waals surface area contributed by atoms with Gasteiger partial charge >= 0.3 is 0 Å². The fourth-order valence-electron chi connectivity index (χ4n) is 4.62. The number of fused-ring (bicyclic) bond motifs is 1. The fraction of sp³-hybridized carbons (Fsp3) is 0.458. The number of nitrogens with zero attached hydrogens (tertiary/aromatic N) is 5. The number of likely N-dealkylation sites (N-methyl/N-ethyl adjacent to an activating group) is 1. The summed E-state index contributed by atoms with van der Waals surface area (Å²) in [4.78, 5) is 4.90. The van der Waals surface area contributed by atoms with Crippen LogP contribution < -0.4 is 10.4 Å². The van der Waals surface area contributed by atoms with Gasteiger partial charge in [0, 0.05) is 45.3 Å². The largest absolute Gasteiger partial charge is 0.377 e. The zero-order valence-corrected chi connectivity index (χ0v) is 19.6. The van der Waals surface area contributed by atoms with E-state index in [0.29, 0.717) is 6.61 Å². The second-order valence-electron chi connectivity index (χ2n) is 8.70. The third-order valence-electron chi connectivity index (χ3n) is 6.52. The van der Waals surface area contributed by atoms with Crippen LogP contribution in [0.15, 0.2) is 36.4 Å². The quantitative estimate of drug-likeness (QED) is 0.749. The highest BCUT2D eigenvalue weighted by atomic mass is 35.5. The Labute approximate surface area is 194 Å². The summed E-state index contributed by atoms with van der Waals surface area (Å²) >= 11 is 7.08. The Morgan fingerprint density at radius 2 is 1.84 bits per heavy atom. The molecule has 32 heavy (non-hydrogen) atoms. The topological polar surface area (TPSA) is 48.8 Å². The van der Waals surface area contributed by atoms with Crippen molar-refractivity contribution in [3.63, 3.8) is 0 Å². The zero-order valence-electron chi connectivity index (χ0n) is 18.9. The van der Waals surface area contributed by atoms with Crippen LogP contribution in [0.5, 0.6) is 0 Å². The van der Waals surface area contributed by atoms with E-state index in [9.17, 15) is 0 Å². The lowest BCUT2D eigenvalue weighted by atomic mass is 10.0. The van der Waals surface area contributed by atoms with Gasteiger partial charge in [-0.1, -0.05) is 48.0 Å². The number of ether oxygens (including phenoxy) is 1. The van der Waals surface area contributed by atoms with Gasteiger partial charge in [0.1, 0.15) is 0 Å². The van der Waals surface area contributed by atoms with E-state index in [1.54, 1.807) is 0 Å². The summed E-state index contributed by atoms with van der Waals surface area (Å²) in [6.45, 7) is 7.58. The van der Waals surface area contributed by atoms with E-state index < -0.39 is 0 Å². The number of aromatic nitrogens is 2. The minimum absolute atomic E-state index is 0.624. The van der Waals surface area contributed by atoms with Gasteiger partial charge in [-0.2, -0.15) is 5.10 Å². The number of hydrogen-bond acceptors (Lipinski definition) is 6. The summed E-state index contributed by atoms with van der Waals surface area (Å²) in [5.74, 6) is 1.02. The molecule has 8 heteroatoms. The Hall–Kier alpha value is -2.32. The van der Waals surface area contributed by atoms with Crippen molar-refractivity contribution >= 4 is 33.7 Å². The first-order valence-corrected chi connectivity index (χ1v) is 11.7. The van der Waals surface area contributed by atoms with E-state index in [-0.39, 0.29) is 0 Å². The third kappa shape index (κ3) is 4.18. The molecule has 7 nitrogen and oxygen atoms in total. The first kappa shape index (κ1) is 21.5. The number of nitrogens with one attached hydrogen (secondary N) is 1. The van der Waals surface area contributed by atoms with Crippen LogP contribution in [0.4, 0.5) is 5.82 Å². The number of halogens is 1. The van der Waals surface area contributed by atoms with Crippen molar-refractivity contribution in [1.29, 1.82) is 0 Å². The van der Waals surface area contributed by atoms with Crippen molar-refractivity contribution in [3.05, 3.63) is 53.2 Å². The molecule has 4 heterocycles. The average molecular weight is 455 g/mol. The average Bonchev–Trinajstić information content (AvgIpc) is 3.23. The maximum Gasteiger partial charge on any atom is 0.154 e. The molecule has 0 aliphatic carbocycles. The molecule has 0 bridgehead atoms. The molecule has 0 unspecified atom stereocenters. The first-order valence-electron chi connectivity index (χ1n) is 11.4. The van der Waals surface area contributed by atoms with Crippen LogP contribution in [0.25, 0.3) is 16.3 Å². The van der Waals surface area contributed by atoms with Crippen molar-refractivity contribution < 1.29 is 4.74 Å². The van der Waals surface area contributed by atoms with Crippen LogP contribution in [-0.2, 0) is 11.3 Å². The molecule has 1 fully saturated rings. The second kappa shape index (κ2) is 9.27. The van der Waals surface area contributed by atoms with Gasteiger partial charge in [-0.05, 0) is 19.0 Å². The Balaban J connectivity index is 1.53. The maximum atomic E-state index is 7.08. The Morgan fingerprint density at radius 3 is 2.56 bits per heavy atom. The van der Waals surface area contributed by atoms with Crippen molar-refractivity contribution in [2.24, 2.45) is 0 Å².